The van der Waals surface area contributed by atoms with Crippen LogP contribution in [0.4, 0.5) is 5.00 Å². The third-order valence-corrected chi connectivity index (χ3v) is 6.92. The minimum atomic E-state index is -0.552. The van der Waals surface area contributed by atoms with Gasteiger partial charge in [0.1, 0.15) is 16.3 Å². The summed E-state index contributed by atoms with van der Waals surface area (Å²) in [6.45, 7) is 3.83. The maximum absolute atomic E-state index is 13.2. The Hall–Kier alpha value is -2.91. The smallest absolute Gasteiger partial charge is 0.343 e. The van der Waals surface area contributed by atoms with Gasteiger partial charge in [-0.25, -0.2) is 4.79 Å². The number of ether oxygens (including phenoxy) is 2. The highest BCUT2D eigenvalue weighted by Gasteiger charge is 2.25. The molecule has 3 aromatic rings. The monoisotopic (exact) mass is 473 g/mol. The molecule has 0 aliphatic carbocycles. The van der Waals surface area contributed by atoms with Crippen LogP contribution in [0.5, 0.6) is 5.75 Å². The van der Waals surface area contributed by atoms with E-state index in [0.29, 0.717) is 22.8 Å². The van der Waals surface area contributed by atoms with Crippen LogP contribution >= 0.6 is 22.9 Å². The number of rotatable bonds is 10. The summed E-state index contributed by atoms with van der Waals surface area (Å²) in [5.41, 5.74) is 1.93. The summed E-state index contributed by atoms with van der Waals surface area (Å²) in [6, 6.07) is 11.6. The number of esters is 1. The summed E-state index contributed by atoms with van der Waals surface area (Å²) < 4.78 is 14.8. The zero-order chi connectivity index (χ0) is 23.1. The highest BCUT2D eigenvalue weighted by molar-refractivity contribution is 7.10. The molecular formula is C23H27N3O4S2. The molecule has 0 radical (unpaired) electrons. The third-order valence-electron chi connectivity index (χ3n) is 5.06. The molecule has 0 saturated heterocycles. The number of anilines is 1. The number of carbonyl (C=O) groups excluding carboxylic acids is 2. The van der Waals surface area contributed by atoms with Crippen molar-refractivity contribution in [2.45, 2.75) is 32.9 Å². The Balaban J connectivity index is 1.72. The number of aryl methyl sites for hydroxylation is 1. The summed E-state index contributed by atoms with van der Waals surface area (Å²) in [4.78, 5) is 28.7. The molecule has 0 unspecified atom stereocenters. The summed E-state index contributed by atoms with van der Waals surface area (Å²) >= 11 is 2.85. The van der Waals surface area contributed by atoms with Gasteiger partial charge in [0, 0.05) is 30.9 Å². The zero-order valence-electron chi connectivity index (χ0n) is 18.6. The molecule has 0 aliphatic rings. The first-order valence-corrected chi connectivity index (χ1v) is 11.8. The molecule has 9 heteroatoms. The van der Waals surface area contributed by atoms with Gasteiger partial charge in [0.2, 0.25) is 0 Å². The molecule has 7 nitrogen and oxygen atoms in total. The van der Waals surface area contributed by atoms with Gasteiger partial charge < -0.3 is 19.7 Å². The highest BCUT2D eigenvalue weighted by atomic mass is 32.1. The molecule has 0 aliphatic heterocycles. The molecule has 2 heterocycles. The van der Waals surface area contributed by atoms with E-state index in [1.165, 1.54) is 16.4 Å². The number of thiophene rings is 1. The summed E-state index contributed by atoms with van der Waals surface area (Å²) in [5, 5.41) is 5.59. The quantitative estimate of drug-likeness (QED) is 0.440. The Labute approximate surface area is 196 Å². The fourth-order valence-corrected chi connectivity index (χ4v) is 4.87. The van der Waals surface area contributed by atoms with Gasteiger partial charge in [0.15, 0.2) is 6.61 Å². The molecule has 2 aromatic heterocycles. The van der Waals surface area contributed by atoms with E-state index in [0.717, 1.165) is 17.7 Å². The van der Waals surface area contributed by atoms with Gasteiger partial charge in [-0.05, 0) is 54.5 Å². The van der Waals surface area contributed by atoms with Gasteiger partial charge in [-0.15, -0.1) is 11.3 Å². The second-order valence-electron chi connectivity index (χ2n) is 7.30. The number of benzene rings is 1. The van der Waals surface area contributed by atoms with Crippen molar-refractivity contribution >= 4 is 39.7 Å². The van der Waals surface area contributed by atoms with Crippen molar-refractivity contribution < 1.29 is 19.1 Å². The first-order valence-electron chi connectivity index (χ1n) is 10.2. The summed E-state index contributed by atoms with van der Waals surface area (Å²) in [5.74, 6) is -0.0402. The van der Waals surface area contributed by atoms with Crippen molar-refractivity contribution in [1.82, 2.24) is 9.27 Å². The van der Waals surface area contributed by atoms with Crippen LogP contribution < -0.4 is 10.1 Å². The normalized spacial score (nSPS) is 11.6. The molecule has 1 aromatic carbocycles. The van der Waals surface area contributed by atoms with Crippen LogP contribution in [-0.2, 0) is 22.5 Å². The summed E-state index contributed by atoms with van der Waals surface area (Å²) in [7, 11) is 3.34. The first kappa shape index (κ1) is 23.7. The second-order valence-corrected chi connectivity index (χ2v) is 9.11. The van der Waals surface area contributed by atoms with E-state index < -0.39 is 5.97 Å². The number of carbonyl (C=O) groups is 2. The van der Waals surface area contributed by atoms with E-state index >= 15 is 0 Å². The Bertz CT molecular complexity index is 1030. The first-order chi connectivity index (χ1) is 15.4. The maximum Gasteiger partial charge on any atom is 0.343 e. The van der Waals surface area contributed by atoms with Crippen LogP contribution in [0.2, 0.25) is 0 Å². The largest absolute Gasteiger partial charge is 0.497 e. The highest BCUT2D eigenvalue weighted by Crippen LogP contribution is 2.25. The number of hydrogen-bond donors (Lipinski definition) is 1. The number of nitrogens with one attached hydrogen (secondary N) is 1. The number of hydrogen-bond acceptors (Lipinski definition) is 8. The molecule has 32 heavy (non-hydrogen) atoms. The zero-order valence-corrected chi connectivity index (χ0v) is 20.2. The topological polar surface area (TPSA) is 80.8 Å². The van der Waals surface area contributed by atoms with Crippen LogP contribution in [-0.4, -0.2) is 48.0 Å². The van der Waals surface area contributed by atoms with E-state index in [9.17, 15) is 9.59 Å². The van der Waals surface area contributed by atoms with E-state index in [1.807, 2.05) is 42.6 Å². The molecule has 1 amide bonds. The minimum Gasteiger partial charge on any atom is -0.497 e. The molecule has 3 rings (SSSR count). The molecule has 1 atom stereocenters. The number of amides is 1. The minimum absolute atomic E-state index is 0.0700. The van der Waals surface area contributed by atoms with Crippen molar-refractivity contribution in [2.24, 2.45) is 0 Å². The van der Waals surface area contributed by atoms with Crippen molar-refractivity contribution in [3.63, 3.8) is 0 Å². The second kappa shape index (κ2) is 11.1. The SMILES string of the molecule is CNc1snc(C)c1C(=O)OCC(=O)N(Cc1ccc(OC)cc1)[C@H](C)Cc1cccs1. The molecule has 1 N–H and O–H groups in total. The molecule has 0 spiro atoms. The van der Waals surface area contributed by atoms with Crippen molar-refractivity contribution in [3.8, 4) is 5.75 Å². The lowest BCUT2D eigenvalue weighted by molar-refractivity contribution is -0.137. The van der Waals surface area contributed by atoms with Crippen LogP contribution in [0.25, 0.3) is 0 Å². The summed E-state index contributed by atoms with van der Waals surface area (Å²) in [6.07, 6.45) is 0.727. The molecular weight excluding hydrogens is 446 g/mol. The van der Waals surface area contributed by atoms with Gasteiger partial charge in [-0.2, -0.15) is 4.37 Å². The fourth-order valence-electron chi connectivity index (χ4n) is 3.31. The van der Waals surface area contributed by atoms with Crippen LogP contribution in [0.3, 0.4) is 0 Å². The van der Waals surface area contributed by atoms with Crippen LogP contribution in [0, 0.1) is 6.92 Å². The molecule has 0 fully saturated rings. The molecule has 0 bridgehead atoms. The number of aromatic nitrogens is 1. The van der Waals surface area contributed by atoms with E-state index in [4.69, 9.17) is 9.47 Å². The molecule has 170 valence electrons. The number of nitrogens with zero attached hydrogens (tertiary/aromatic N) is 2. The lowest BCUT2D eigenvalue weighted by atomic mass is 10.1. The Morgan fingerprint density at radius 1 is 1.22 bits per heavy atom. The third kappa shape index (κ3) is 5.86. The van der Waals surface area contributed by atoms with Crippen LogP contribution in [0.15, 0.2) is 41.8 Å². The van der Waals surface area contributed by atoms with Crippen molar-refractivity contribution in [3.05, 3.63) is 63.5 Å². The molecule has 0 saturated carbocycles. The Morgan fingerprint density at radius 2 is 1.97 bits per heavy atom. The van der Waals surface area contributed by atoms with Gasteiger partial charge in [0.25, 0.3) is 5.91 Å². The predicted octanol–water partition coefficient (Wildman–Crippen LogP) is 4.38. The van der Waals surface area contributed by atoms with E-state index in [2.05, 4.69) is 15.8 Å². The maximum atomic E-state index is 13.2. The van der Waals surface area contributed by atoms with Crippen molar-refractivity contribution in [2.75, 3.05) is 26.1 Å². The van der Waals surface area contributed by atoms with Gasteiger partial charge in [-0.3, -0.25) is 4.79 Å². The number of methoxy groups -OCH3 is 1. The predicted molar refractivity (Wildman–Crippen MR) is 128 cm³/mol. The standard InChI is InChI=1S/C23H27N3O4S2/c1-15(12-19-6-5-11-31-19)26(13-17-7-9-18(29-4)10-8-17)20(27)14-30-23(28)21-16(2)25-32-22(21)24-3/h5-11,15,24H,12-14H2,1-4H3/t15-/m1/s1. The Kier molecular flexibility index (Phi) is 8.24. The van der Waals surface area contributed by atoms with E-state index in [-0.39, 0.29) is 18.6 Å². The lowest BCUT2D eigenvalue weighted by Gasteiger charge is -2.29. The van der Waals surface area contributed by atoms with Gasteiger partial charge in [0.05, 0.1) is 12.8 Å². The van der Waals surface area contributed by atoms with Gasteiger partial charge in [-0.1, -0.05) is 18.2 Å². The lowest BCUT2D eigenvalue weighted by Crippen LogP contribution is -2.41. The fraction of sp³-hybridized carbons (Fsp3) is 0.348. The average Bonchev–Trinajstić information content (AvgIpc) is 3.45. The van der Waals surface area contributed by atoms with Crippen LogP contribution in [0.1, 0.15) is 33.4 Å². The van der Waals surface area contributed by atoms with E-state index in [1.54, 1.807) is 37.3 Å². The average molecular weight is 474 g/mol. The Morgan fingerprint density at radius 3 is 2.59 bits per heavy atom. The van der Waals surface area contributed by atoms with Gasteiger partial charge >= 0.3 is 5.97 Å². The van der Waals surface area contributed by atoms with Crippen molar-refractivity contribution in [1.29, 1.82) is 0 Å².